The number of hydrogen-bond acceptors (Lipinski definition) is 5. The summed E-state index contributed by atoms with van der Waals surface area (Å²) in [5.74, 6) is 0.696. The molecule has 0 fully saturated rings. The number of nitrogens with one attached hydrogen (secondary N) is 1. The van der Waals surface area contributed by atoms with Crippen LogP contribution in [0.2, 0.25) is 0 Å². The first-order valence-corrected chi connectivity index (χ1v) is 6.07. The zero-order valence-corrected chi connectivity index (χ0v) is 11.5. The van der Waals surface area contributed by atoms with Crippen LogP contribution >= 0.6 is 0 Å². The molecule has 0 saturated heterocycles. The van der Waals surface area contributed by atoms with E-state index in [-0.39, 0.29) is 5.97 Å². The van der Waals surface area contributed by atoms with Crippen molar-refractivity contribution in [2.45, 2.75) is 26.2 Å². The number of pyridine rings is 1. The normalized spacial score (nSPS) is 11.6. The summed E-state index contributed by atoms with van der Waals surface area (Å²) in [6, 6.07) is 3.56. The predicted octanol–water partition coefficient (Wildman–Crippen LogP) is 1.81. The first-order valence-electron chi connectivity index (χ1n) is 6.07. The number of fused-ring (bicyclic) bond motifs is 1. The van der Waals surface area contributed by atoms with Gasteiger partial charge in [0.05, 0.1) is 19.2 Å². The molecule has 0 aliphatic rings. The SMILES string of the molecule is CCOC(=O)C(C)(C)c1nc2nc(OC)ccc2[nH]1. The number of aromatic amines is 1. The van der Waals surface area contributed by atoms with Gasteiger partial charge < -0.3 is 14.5 Å². The van der Waals surface area contributed by atoms with E-state index in [9.17, 15) is 4.79 Å². The zero-order valence-electron chi connectivity index (χ0n) is 11.5. The molecular weight excluding hydrogens is 246 g/mol. The molecule has 0 aliphatic heterocycles. The van der Waals surface area contributed by atoms with Crippen LogP contribution in [0.5, 0.6) is 5.88 Å². The van der Waals surface area contributed by atoms with Crippen LogP contribution in [-0.4, -0.2) is 34.6 Å². The molecule has 0 saturated carbocycles. The highest BCUT2D eigenvalue weighted by molar-refractivity contribution is 5.82. The Bertz CT molecular complexity index is 604. The van der Waals surface area contributed by atoms with Crippen molar-refractivity contribution in [2.75, 3.05) is 13.7 Å². The van der Waals surface area contributed by atoms with E-state index >= 15 is 0 Å². The van der Waals surface area contributed by atoms with Crippen molar-refractivity contribution in [1.82, 2.24) is 15.0 Å². The van der Waals surface area contributed by atoms with E-state index in [4.69, 9.17) is 9.47 Å². The summed E-state index contributed by atoms with van der Waals surface area (Å²) < 4.78 is 10.1. The van der Waals surface area contributed by atoms with Crippen LogP contribution in [0, 0.1) is 0 Å². The number of esters is 1. The average molecular weight is 263 g/mol. The number of imidazole rings is 1. The fourth-order valence-corrected chi connectivity index (χ4v) is 1.69. The minimum Gasteiger partial charge on any atom is -0.481 e. The van der Waals surface area contributed by atoms with Crippen LogP contribution in [0.1, 0.15) is 26.6 Å². The van der Waals surface area contributed by atoms with Crippen LogP contribution in [0.4, 0.5) is 0 Å². The van der Waals surface area contributed by atoms with Gasteiger partial charge in [0.15, 0.2) is 5.65 Å². The molecule has 2 heterocycles. The van der Waals surface area contributed by atoms with Crippen molar-refractivity contribution in [1.29, 1.82) is 0 Å². The molecule has 2 aromatic rings. The van der Waals surface area contributed by atoms with Crippen LogP contribution < -0.4 is 4.74 Å². The van der Waals surface area contributed by atoms with Crippen LogP contribution in [0.15, 0.2) is 12.1 Å². The molecule has 6 nitrogen and oxygen atoms in total. The maximum Gasteiger partial charge on any atom is 0.319 e. The van der Waals surface area contributed by atoms with Gasteiger partial charge in [-0.3, -0.25) is 4.79 Å². The summed E-state index contributed by atoms with van der Waals surface area (Å²) in [6.07, 6.45) is 0. The number of H-pyrrole nitrogens is 1. The van der Waals surface area contributed by atoms with Crippen molar-refractivity contribution in [3.8, 4) is 5.88 Å². The Morgan fingerprint density at radius 1 is 1.37 bits per heavy atom. The largest absolute Gasteiger partial charge is 0.481 e. The molecule has 0 bridgehead atoms. The summed E-state index contributed by atoms with van der Waals surface area (Å²) in [5.41, 5.74) is 0.434. The van der Waals surface area contributed by atoms with E-state index in [0.717, 1.165) is 5.52 Å². The van der Waals surface area contributed by atoms with Gasteiger partial charge in [0, 0.05) is 6.07 Å². The van der Waals surface area contributed by atoms with Gasteiger partial charge in [-0.1, -0.05) is 0 Å². The third kappa shape index (κ3) is 2.38. The predicted molar refractivity (Wildman–Crippen MR) is 70.1 cm³/mol. The molecule has 102 valence electrons. The van der Waals surface area contributed by atoms with Gasteiger partial charge in [0.25, 0.3) is 0 Å². The second-order valence-corrected chi connectivity index (χ2v) is 4.66. The van der Waals surface area contributed by atoms with Crippen LogP contribution in [0.3, 0.4) is 0 Å². The molecule has 0 aromatic carbocycles. The molecule has 2 aromatic heterocycles. The number of carbonyl (C=O) groups is 1. The Morgan fingerprint density at radius 3 is 2.74 bits per heavy atom. The second kappa shape index (κ2) is 4.87. The summed E-state index contributed by atoms with van der Waals surface area (Å²) in [7, 11) is 1.55. The number of hydrogen-bond donors (Lipinski definition) is 1. The Labute approximate surface area is 111 Å². The van der Waals surface area contributed by atoms with Crippen molar-refractivity contribution in [3.05, 3.63) is 18.0 Å². The number of aromatic nitrogens is 3. The van der Waals surface area contributed by atoms with Gasteiger partial charge in [-0.05, 0) is 26.8 Å². The first-order chi connectivity index (χ1) is 8.98. The number of nitrogens with zero attached hydrogens (tertiary/aromatic N) is 2. The Balaban J connectivity index is 2.42. The van der Waals surface area contributed by atoms with Gasteiger partial charge in [-0.25, -0.2) is 4.98 Å². The number of carbonyl (C=O) groups excluding carboxylic acids is 1. The van der Waals surface area contributed by atoms with E-state index in [1.54, 1.807) is 33.9 Å². The molecule has 19 heavy (non-hydrogen) atoms. The molecule has 6 heteroatoms. The summed E-state index contributed by atoms with van der Waals surface area (Å²) in [6.45, 7) is 5.65. The minimum atomic E-state index is -0.843. The van der Waals surface area contributed by atoms with Crippen molar-refractivity contribution >= 4 is 17.1 Å². The molecule has 0 amide bonds. The standard InChI is InChI=1S/C13H17N3O3/c1-5-19-12(17)13(2,3)11-14-8-6-7-9(18-4)15-10(8)16-11/h6-7H,5H2,1-4H3,(H,14,15,16). The van der Waals surface area contributed by atoms with Crippen LogP contribution in [0.25, 0.3) is 11.2 Å². The highest BCUT2D eigenvalue weighted by atomic mass is 16.5. The summed E-state index contributed by atoms with van der Waals surface area (Å²) in [4.78, 5) is 23.6. The van der Waals surface area contributed by atoms with Gasteiger partial charge >= 0.3 is 5.97 Å². The second-order valence-electron chi connectivity index (χ2n) is 4.66. The number of methoxy groups -OCH3 is 1. The molecule has 0 aliphatic carbocycles. The smallest absolute Gasteiger partial charge is 0.319 e. The van der Waals surface area contributed by atoms with Gasteiger partial charge in [-0.2, -0.15) is 4.98 Å². The molecule has 2 rings (SSSR count). The lowest BCUT2D eigenvalue weighted by atomic mass is 9.93. The molecule has 0 unspecified atom stereocenters. The summed E-state index contributed by atoms with van der Waals surface area (Å²) in [5, 5.41) is 0. The lowest BCUT2D eigenvalue weighted by Crippen LogP contribution is -2.32. The Morgan fingerprint density at radius 2 is 2.11 bits per heavy atom. The van der Waals surface area contributed by atoms with E-state index in [2.05, 4.69) is 15.0 Å². The lowest BCUT2D eigenvalue weighted by molar-refractivity contribution is -0.149. The van der Waals surface area contributed by atoms with Crippen molar-refractivity contribution in [2.24, 2.45) is 0 Å². The number of ether oxygens (including phenoxy) is 2. The Hall–Kier alpha value is -2.11. The van der Waals surface area contributed by atoms with E-state index in [1.165, 1.54) is 0 Å². The minimum absolute atomic E-state index is 0.318. The van der Waals surface area contributed by atoms with E-state index < -0.39 is 5.41 Å². The summed E-state index contributed by atoms with van der Waals surface area (Å²) >= 11 is 0. The van der Waals surface area contributed by atoms with E-state index in [0.29, 0.717) is 24.0 Å². The van der Waals surface area contributed by atoms with Crippen LogP contribution in [-0.2, 0) is 14.9 Å². The van der Waals surface area contributed by atoms with Gasteiger partial charge in [0.2, 0.25) is 5.88 Å². The molecule has 0 spiro atoms. The van der Waals surface area contributed by atoms with Gasteiger partial charge in [-0.15, -0.1) is 0 Å². The highest BCUT2D eigenvalue weighted by Gasteiger charge is 2.34. The average Bonchev–Trinajstić information content (AvgIpc) is 2.82. The number of rotatable bonds is 4. The highest BCUT2D eigenvalue weighted by Crippen LogP contribution is 2.25. The fraction of sp³-hybridized carbons (Fsp3) is 0.462. The molecule has 0 radical (unpaired) electrons. The lowest BCUT2D eigenvalue weighted by Gasteiger charge is -2.19. The van der Waals surface area contributed by atoms with Crippen molar-refractivity contribution in [3.63, 3.8) is 0 Å². The first kappa shape index (κ1) is 13.3. The van der Waals surface area contributed by atoms with E-state index in [1.807, 2.05) is 6.07 Å². The topological polar surface area (TPSA) is 77.1 Å². The monoisotopic (exact) mass is 263 g/mol. The quantitative estimate of drug-likeness (QED) is 0.851. The zero-order chi connectivity index (χ0) is 14.0. The molecule has 1 N–H and O–H groups in total. The maximum absolute atomic E-state index is 11.9. The molecular formula is C13H17N3O3. The Kier molecular flexibility index (Phi) is 3.42. The fourth-order valence-electron chi connectivity index (χ4n) is 1.69. The third-order valence-corrected chi connectivity index (χ3v) is 2.91. The van der Waals surface area contributed by atoms with Crippen molar-refractivity contribution < 1.29 is 14.3 Å². The maximum atomic E-state index is 11.9. The van der Waals surface area contributed by atoms with Gasteiger partial charge in [0.1, 0.15) is 11.2 Å². The molecule has 0 atom stereocenters. The third-order valence-electron chi connectivity index (χ3n) is 2.91.